The summed E-state index contributed by atoms with van der Waals surface area (Å²) in [4.78, 5) is 41.1. The number of amides is 2. The molecule has 0 spiro atoms. The number of morpholine rings is 1. The van der Waals surface area contributed by atoms with Gasteiger partial charge in [0.1, 0.15) is 6.54 Å². The Balaban J connectivity index is 1.84. The van der Waals surface area contributed by atoms with E-state index in [-0.39, 0.29) is 30.6 Å². The maximum absolute atomic E-state index is 12.3. The van der Waals surface area contributed by atoms with Crippen LogP contribution in [-0.2, 0) is 14.3 Å². The first kappa shape index (κ1) is 15.2. The van der Waals surface area contributed by atoms with Gasteiger partial charge in [-0.3, -0.25) is 14.5 Å². The highest BCUT2D eigenvalue weighted by molar-refractivity contribution is 6.01. The topological polar surface area (TPSA) is 115 Å². The first-order chi connectivity index (χ1) is 11.1. The molecule has 0 radical (unpaired) electrons. The normalized spacial score (nSPS) is 17.5. The molecular weight excluding hydrogens is 308 g/mol. The number of nitro groups is 1. The third-order valence-corrected chi connectivity index (χ3v) is 3.58. The average molecular weight is 322 g/mol. The van der Waals surface area contributed by atoms with Crippen molar-refractivity contribution in [2.45, 2.75) is 0 Å². The lowest BCUT2D eigenvalue weighted by Gasteiger charge is -2.30. The van der Waals surface area contributed by atoms with Gasteiger partial charge in [-0.05, 0) is 16.0 Å². The molecule has 10 heteroatoms. The number of anilines is 1. The first-order valence-corrected chi connectivity index (χ1v) is 7.00. The van der Waals surface area contributed by atoms with Crippen molar-refractivity contribution in [2.75, 3.05) is 44.4 Å². The molecule has 122 valence electrons. The lowest BCUT2D eigenvalue weighted by molar-refractivity contribution is -0.389. The Labute approximate surface area is 130 Å². The van der Waals surface area contributed by atoms with Crippen molar-refractivity contribution in [2.24, 2.45) is 0 Å². The van der Waals surface area contributed by atoms with Gasteiger partial charge in [-0.15, -0.1) is 0 Å². The molecule has 1 fully saturated rings. The molecule has 1 saturated heterocycles. The second kappa shape index (κ2) is 6.16. The first-order valence-electron chi connectivity index (χ1n) is 7.00. The van der Waals surface area contributed by atoms with Crippen LogP contribution in [0.5, 0.6) is 5.75 Å². The number of nitrogens with zero attached hydrogens (tertiary/aromatic N) is 4. The fourth-order valence-corrected chi connectivity index (χ4v) is 2.38. The monoisotopic (exact) mass is 322 g/mol. The summed E-state index contributed by atoms with van der Waals surface area (Å²) in [5.74, 6) is -0.900. The molecule has 3 rings (SSSR count). The van der Waals surface area contributed by atoms with Gasteiger partial charge >= 0.3 is 5.82 Å². The van der Waals surface area contributed by atoms with Gasteiger partial charge in [-0.1, -0.05) is 0 Å². The van der Waals surface area contributed by atoms with Crippen molar-refractivity contribution >= 4 is 23.5 Å². The Morgan fingerprint density at radius 2 is 2.09 bits per heavy atom. The third-order valence-electron chi connectivity index (χ3n) is 3.58. The highest BCUT2D eigenvalue weighted by Gasteiger charge is 2.34. The number of aromatic nitrogens is 1. The smallest absolute Gasteiger partial charge is 0.366 e. The standard InChI is InChI=1S/C13H14N4O6/c18-11(15-3-5-22-6-4-15)7-16-12(19)8-23-9-1-2-10(17(20)21)14-13(9)16/h1-2H,3-8H2. The van der Waals surface area contributed by atoms with E-state index in [4.69, 9.17) is 9.47 Å². The molecule has 1 aromatic rings. The Morgan fingerprint density at radius 1 is 1.35 bits per heavy atom. The van der Waals surface area contributed by atoms with Crippen LogP contribution in [0.3, 0.4) is 0 Å². The molecule has 10 nitrogen and oxygen atoms in total. The van der Waals surface area contributed by atoms with Crippen molar-refractivity contribution in [1.29, 1.82) is 0 Å². The van der Waals surface area contributed by atoms with Gasteiger partial charge in [0.2, 0.25) is 5.91 Å². The van der Waals surface area contributed by atoms with Gasteiger partial charge in [-0.2, -0.15) is 0 Å². The summed E-state index contributed by atoms with van der Waals surface area (Å²) in [5, 5.41) is 10.9. The van der Waals surface area contributed by atoms with E-state index in [2.05, 4.69) is 4.98 Å². The fraction of sp³-hybridized carbons (Fsp3) is 0.462. The Morgan fingerprint density at radius 3 is 2.78 bits per heavy atom. The van der Waals surface area contributed by atoms with E-state index in [9.17, 15) is 19.7 Å². The number of hydrogen-bond acceptors (Lipinski definition) is 7. The van der Waals surface area contributed by atoms with Crippen LogP contribution in [0.1, 0.15) is 0 Å². The summed E-state index contributed by atoms with van der Waals surface area (Å²) in [6, 6.07) is 2.57. The van der Waals surface area contributed by atoms with E-state index in [1.165, 1.54) is 12.1 Å². The second-order valence-electron chi connectivity index (χ2n) is 5.01. The molecule has 0 bridgehead atoms. The van der Waals surface area contributed by atoms with Crippen molar-refractivity contribution in [1.82, 2.24) is 9.88 Å². The molecule has 23 heavy (non-hydrogen) atoms. The molecule has 2 amide bonds. The summed E-state index contributed by atoms with van der Waals surface area (Å²) in [5.41, 5.74) is 0. The SMILES string of the molecule is O=C(CN1C(=O)COc2ccc([N+](=O)[O-])nc21)N1CCOCC1. The molecule has 3 heterocycles. The molecule has 0 N–H and O–H groups in total. The van der Waals surface area contributed by atoms with Crippen LogP contribution in [0.25, 0.3) is 0 Å². The van der Waals surface area contributed by atoms with Crippen LogP contribution in [0, 0.1) is 10.1 Å². The molecule has 2 aliphatic heterocycles. The summed E-state index contributed by atoms with van der Waals surface area (Å²) >= 11 is 0. The number of fused-ring (bicyclic) bond motifs is 1. The molecule has 0 aromatic carbocycles. The lowest BCUT2D eigenvalue weighted by atomic mass is 10.3. The lowest BCUT2D eigenvalue weighted by Crippen LogP contribution is -2.49. The zero-order chi connectivity index (χ0) is 16.4. The van der Waals surface area contributed by atoms with Crippen molar-refractivity contribution in [3.8, 4) is 5.75 Å². The van der Waals surface area contributed by atoms with Crippen LogP contribution in [0.15, 0.2) is 12.1 Å². The second-order valence-corrected chi connectivity index (χ2v) is 5.01. The van der Waals surface area contributed by atoms with E-state index in [0.29, 0.717) is 26.3 Å². The van der Waals surface area contributed by atoms with Crippen LogP contribution in [-0.4, -0.2) is 66.1 Å². The van der Waals surface area contributed by atoms with Crippen LogP contribution < -0.4 is 9.64 Å². The number of hydrogen-bond donors (Lipinski definition) is 0. The van der Waals surface area contributed by atoms with E-state index < -0.39 is 16.6 Å². The van der Waals surface area contributed by atoms with Gasteiger partial charge in [0.25, 0.3) is 11.7 Å². The van der Waals surface area contributed by atoms with E-state index in [0.717, 1.165) is 4.90 Å². The molecule has 0 aliphatic carbocycles. The fourth-order valence-electron chi connectivity index (χ4n) is 2.38. The zero-order valence-corrected chi connectivity index (χ0v) is 12.1. The highest BCUT2D eigenvalue weighted by Crippen LogP contribution is 2.31. The maximum Gasteiger partial charge on any atom is 0.366 e. The van der Waals surface area contributed by atoms with Gasteiger partial charge in [0.15, 0.2) is 12.4 Å². The van der Waals surface area contributed by atoms with Crippen molar-refractivity contribution in [3.05, 3.63) is 22.2 Å². The largest absolute Gasteiger partial charge is 0.477 e. The molecule has 2 aliphatic rings. The molecule has 1 aromatic heterocycles. The number of ether oxygens (including phenoxy) is 2. The molecular formula is C13H14N4O6. The quantitative estimate of drug-likeness (QED) is 0.548. The Kier molecular flexibility index (Phi) is 4.06. The van der Waals surface area contributed by atoms with E-state index >= 15 is 0 Å². The third kappa shape index (κ3) is 3.06. The minimum atomic E-state index is -0.665. The minimum absolute atomic E-state index is 0.00272. The van der Waals surface area contributed by atoms with E-state index in [1.54, 1.807) is 4.90 Å². The van der Waals surface area contributed by atoms with Crippen LogP contribution in [0.4, 0.5) is 11.6 Å². The van der Waals surface area contributed by atoms with E-state index in [1.807, 2.05) is 0 Å². The van der Waals surface area contributed by atoms with Crippen LogP contribution >= 0.6 is 0 Å². The van der Waals surface area contributed by atoms with Gasteiger partial charge < -0.3 is 24.5 Å². The summed E-state index contributed by atoms with van der Waals surface area (Å²) < 4.78 is 10.4. The Bertz CT molecular complexity index is 658. The number of carbonyl (C=O) groups is 2. The molecule has 0 atom stereocenters. The predicted octanol–water partition coefficient (Wildman–Crippen LogP) is -0.426. The average Bonchev–Trinajstić information content (AvgIpc) is 2.57. The molecule has 0 saturated carbocycles. The maximum atomic E-state index is 12.3. The minimum Gasteiger partial charge on any atom is -0.477 e. The summed E-state index contributed by atoms with van der Waals surface area (Å²) in [7, 11) is 0. The zero-order valence-electron chi connectivity index (χ0n) is 12.1. The summed E-state index contributed by atoms with van der Waals surface area (Å²) in [6.45, 7) is 1.33. The van der Waals surface area contributed by atoms with Gasteiger partial charge in [0, 0.05) is 19.2 Å². The van der Waals surface area contributed by atoms with Crippen molar-refractivity contribution in [3.63, 3.8) is 0 Å². The predicted molar refractivity (Wildman–Crippen MR) is 76.1 cm³/mol. The van der Waals surface area contributed by atoms with Crippen LogP contribution in [0.2, 0.25) is 0 Å². The van der Waals surface area contributed by atoms with Crippen molar-refractivity contribution < 1.29 is 24.0 Å². The molecule has 0 unspecified atom stereocenters. The van der Waals surface area contributed by atoms with Gasteiger partial charge in [0.05, 0.1) is 13.2 Å². The summed E-state index contributed by atoms with van der Waals surface area (Å²) in [6.07, 6.45) is 0. The van der Waals surface area contributed by atoms with Gasteiger partial charge in [-0.25, -0.2) is 0 Å². The number of rotatable bonds is 3. The number of carbonyl (C=O) groups excluding carboxylic acids is 2. The highest BCUT2D eigenvalue weighted by atomic mass is 16.6. The number of pyridine rings is 1. The Hall–Kier alpha value is -2.75.